The van der Waals surface area contributed by atoms with E-state index in [-0.39, 0.29) is 36.4 Å². The molecular weight excluding hydrogens is 634 g/mol. The van der Waals surface area contributed by atoms with Gasteiger partial charge >= 0.3 is 5.97 Å². The molecule has 266 valence electrons. The van der Waals surface area contributed by atoms with Crippen LogP contribution in [0.5, 0.6) is 28.7 Å². The zero-order valence-electron chi connectivity index (χ0n) is 28.8. The van der Waals surface area contributed by atoms with Crippen LogP contribution in [-0.4, -0.2) is 52.9 Å². The molecule has 3 aliphatic rings. The molecule has 1 aliphatic carbocycles. The maximum absolute atomic E-state index is 13.5. The minimum atomic E-state index is -3.68. The summed E-state index contributed by atoms with van der Waals surface area (Å²) in [6.45, 7) is 2.38. The largest absolute Gasteiger partial charge is 0.502 e. The van der Waals surface area contributed by atoms with Gasteiger partial charge in [-0.25, -0.2) is 13.1 Å². The van der Waals surface area contributed by atoms with Crippen LogP contribution in [-0.2, 0) is 19.6 Å². The van der Waals surface area contributed by atoms with E-state index in [1.54, 1.807) is 12.1 Å². The molecule has 2 aliphatic heterocycles. The van der Waals surface area contributed by atoms with Crippen LogP contribution in [0.3, 0.4) is 0 Å². The highest BCUT2D eigenvalue weighted by Crippen LogP contribution is 2.55. The lowest BCUT2D eigenvalue weighted by atomic mass is 9.65. The summed E-state index contributed by atoms with van der Waals surface area (Å²) in [5.74, 6) is -0.791. The molecule has 1 saturated heterocycles. The van der Waals surface area contributed by atoms with E-state index in [0.29, 0.717) is 29.0 Å². The molecule has 48 heavy (non-hydrogen) atoms. The van der Waals surface area contributed by atoms with Crippen molar-refractivity contribution in [2.45, 2.75) is 109 Å². The van der Waals surface area contributed by atoms with Crippen molar-refractivity contribution in [1.29, 1.82) is 0 Å². The quantitative estimate of drug-likeness (QED) is 0.107. The standard InChI is InChI=1S/C37H53NO9S/c1-4-5-6-7-8-9-10-11-12-13-14-15-16-17-18-48(41,42)38-35-27-22-30-29(46-24-47-30)21-26(27)33(34-28(35)23-45-37(34)40)25-19-31(43-2)36(39)32(20-25)44-3/h19-22,28,33-35,38-39H,4-18,23-24H2,1-3H3/t28-,33+,34-,35+/m0/s1. The minimum Gasteiger partial charge on any atom is -0.502 e. The van der Waals surface area contributed by atoms with Crippen LogP contribution in [0.1, 0.15) is 125 Å². The number of methoxy groups -OCH3 is 2. The van der Waals surface area contributed by atoms with Crippen LogP contribution in [0.4, 0.5) is 0 Å². The molecule has 1 fully saturated rings. The highest BCUT2D eigenvalue weighted by Gasteiger charge is 2.53. The molecule has 4 atom stereocenters. The van der Waals surface area contributed by atoms with E-state index in [2.05, 4.69) is 11.6 Å². The zero-order valence-corrected chi connectivity index (χ0v) is 29.6. The number of phenolic OH excluding ortho intramolecular Hbond substituents is 1. The lowest BCUT2D eigenvalue weighted by molar-refractivity contribution is -0.141. The maximum Gasteiger partial charge on any atom is 0.310 e. The number of cyclic esters (lactones) is 1. The molecule has 11 heteroatoms. The first kappa shape index (κ1) is 36.1. The molecule has 0 unspecified atom stereocenters. The van der Waals surface area contributed by atoms with Gasteiger partial charge in [0.2, 0.25) is 22.6 Å². The second-order valence-electron chi connectivity index (χ2n) is 13.4. The van der Waals surface area contributed by atoms with Gasteiger partial charge in [-0.2, -0.15) is 0 Å². The third-order valence-corrected chi connectivity index (χ3v) is 11.6. The van der Waals surface area contributed by atoms with E-state index < -0.39 is 39.8 Å². The smallest absolute Gasteiger partial charge is 0.310 e. The fourth-order valence-electron chi connectivity index (χ4n) is 7.55. The van der Waals surface area contributed by atoms with Gasteiger partial charge in [-0.15, -0.1) is 0 Å². The summed E-state index contributed by atoms with van der Waals surface area (Å²) >= 11 is 0. The van der Waals surface area contributed by atoms with Crippen LogP contribution >= 0.6 is 0 Å². The van der Waals surface area contributed by atoms with Gasteiger partial charge in [0.05, 0.1) is 38.5 Å². The van der Waals surface area contributed by atoms with Crippen LogP contribution in [0.2, 0.25) is 0 Å². The molecule has 0 amide bonds. The summed E-state index contributed by atoms with van der Waals surface area (Å²) in [6, 6.07) is 6.31. The van der Waals surface area contributed by atoms with Gasteiger partial charge in [-0.05, 0) is 47.4 Å². The molecule has 10 nitrogen and oxygen atoms in total. The number of phenols is 1. The van der Waals surface area contributed by atoms with E-state index in [0.717, 1.165) is 24.8 Å². The molecule has 2 heterocycles. The Bertz CT molecular complexity index is 1470. The molecule has 2 N–H and O–H groups in total. The minimum absolute atomic E-state index is 0.0173. The molecule has 2 aromatic carbocycles. The Labute approximate surface area is 285 Å². The van der Waals surface area contributed by atoms with E-state index in [1.165, 1.54) is 78.4 Å². The van der Waals surface area contributed by atoms with Gasteiger partial charge in [0.25, 0.3) is 0 Å². The molecule has 2 aromatic rings. The number of carbonyl (C=O) groups is 1. The first-order valence-corrected chi connectivity index (χ1v) is 19.5. The second kappa shape index (κ2) is 17.0. The SMILES string of the molecule is CCCCCCCCCCCCCCCCS(=O)(=O)N[C@@H]1c2cc3c(cc2[C@@H](c2cc(OC)c(O)c(OC)c2)[C@H]2C(=O)OC[C@@H]21)OCO3. The van der Waals surface area contributed by atoms with Gasteiger partial charge < -0.3 is 28.8 Å². The first-order chi connectivity index (χ1) is 23.3. The number of nitrogens with one attached hydrogen (secondary N) is 1. The molecule has 0 saturated carbocycles. The lowest BCUT2D eigenvalue weighted by Crippen LogP contribution is -2.43. The Morgan fingerprint density at radius 1 is 0.771 bits per heavy atom. The molecule has 0 aromatic heterocycles. The van der Waals surface area contributed by atoms with Gasteiger partial charge in [0, 0.05) is 11.8 Å². The van der Waals surface area contributed by atoms with Crippen molar-refractivity contribution in [3.63, 3.8) is 0 Å². The van der Waals surface area contributed by atoms with Crippen molar-refractivity contribution in [2.24, 2.45) is 11.8 Å². The molecule has 5 rings (SSSR count). The monoisotopic (exact) mass is 687 g/mol. The molecular formula is C37H53NO9S. The van der Waals surface area contributed by atoms with Crippen molar-refractivity contribution in [3.8, 4) is 28.7 Å². The number of hydrogen-bond acceptors (Lipinski definition) is 9. The number of esters is 1. The summed E-state index contributed by atoms with van der Waals surface area (Å²) in [7, 11) is -0.791. The van der Waals surface area contributed by atoms with Gasteiger partial charge in [-0.1, -0.05) is 90.4 Å². The number of fused-ring (bicyclic) bond motifs is 3. The van der Waals surface area contributed by atoms with Crippen LogP contribution in [0.25, 0.3) is 0 Å². The second-order valence-corrected chi connectivity index (χ2v) is 15.3. The fourth-order valence-corrected chi connectivity index (χ4v) is 8.94. The maximum atomic E-state index is 13.5. The van der Waals surface area contributed by atoms with Crippen LogP contribution < -0.4 is 23.7 Å². The number of aromatic hydroxyl groups is 1. The topological polar surface area (TPSA) is 130 Å². The van der Waals surface area contributed by atoms with E-state index >= 15 is 0 Å². The number of hydrogen-bond donors (Lipinski definition) is 2. The number of sulfonamides is 1. The number of rotatable bonds is 20. The first-order valence-electron chi connectivity index (χ1n) is 17.8. The summed E-state index contributed by atoms with van der Waals surface area (Å²) < 4.78 is 57.9. The van der Waals surface area contributed by atoms with E-state index in [1.807, 2.05) is 12.1 Å². The highest BCUT2D eigenvalue weighted by atomic mass is 32.2. The number of carbonyl (C=O) groups excluding carboxylic acids is 1. The predicted octanol–water partition coefficient (Wildman–Crippen LogP) is 7.51. The summed E-state index contributed by atoms with van der Waals surface area (Å²) in [5.41, 5.74) is 2.09. The predicted molar refractivity (Wildman–Crippen MR) is 184 cm³/mol. The Morgan fingerprint density at radius 2 is 1.29 bits per heavy atom. The summed E-state index contributed by atoms with van der Waals surface area (Å²) in [4.78, 5) is 13.4. The number of unbranched alkanes of at least 4 members (excludes halogenated alkanes) is 13. The molecule has 0 spiro atoms. The van der Waals surface area contributed by atoms with E-state index in [4.69, 9.17) is 23.7 Å². The van der Waals surface area contributed by atoms with Crippen molar-refractivity contribution in [2.75, 3.05) is 33.4 Å². The average molecular weight is 688 g/mol. The van der Waals surface area contributed by atoms with Crippen molar-refractivity contribution >= 4 is 16.0 Å². The lowest BCUT2D eigenvalue weighted by Gasteiger charge is -2.39. The Hall–Kier alpha value is -3.18. The normalized spacial score (nSPS) is 21.1. The van der Waals surface area contributed by atoms with Crippen molar-refractivity contribution < 1.29 is 42.0 Å². The van der Waals surface area contributed by atoms with Gasteiger partial charge in [0.1, 0.15) is 0 Å². The van der Waals surface area contributed by atoms with Gasteiger partial charge in [0.15, 0.2) is 23.0 Å². The summed E-state index contributed by atoms with van der Waals surface area (Å²) in [5, 5.41) is 10.6. The highest BCUT2D eigenvalue weighted by molar-refractivity contribution is 7.89. The average Bonchev–Trinajstić information content (AvgIpc) is 3.70. The number of benzene rings is 2. The molecule has 0 radical (unpaired) electrons. The Morgan fingerprint density at radius 3 is 1.83 bits per heavy atom. The Balaban J connectivity index is 1.23. The van der Waals surface area contributed by atoms with Crippen LogP contribution in [0, 0.1) is 11.8 Å². The zero-order chi connectivity index (χ0) is 34.1. The van der Waals surface area contributed by atoms with Crippen molar-refractivity contribution in [3.05, 3.63) is 41.0 Å². The van der Waals surface area contributed by atoms with E-state index in [9.17, 15) is 18.3 Å². The Kier molecular flexibility index (Phi) is 12.8. The third-order valence-electron chi connectivity index (χ3n) is 10.1. The third kappa shape index (κ3) is 8.51. The number of ether oxygens (including phenoxy) is 5. The van der Waals surface area contributed by atoms with Gasteiger partial charge in [-0.3, -0.25) is 4.79 Å². The van der Waals surface area contributed by atoms with Crippen molar-refractivity contribution in [1.82, 2.24) is 4.72 Å². The summed E-state index contributed by atoms with van der Waals surface area (Å²) in [6.07, 6.45) is 16.7. The van der Waals surface area contributed by atoms with Crippen LogP contribution in [0.15, 0.2) is 24.3 Å². The molecule has 0 bridgehead atoms. The fraction of sp³-hybridized carbons (Fsp3) is 0.649.